The highest BCUT2D eigenvalue weighted by molar-refractivity contribution is 7.10. The molecule has 1 aromatic carbocycles. The molecule has 0 spiro atoms. The van der Waals surface area contributed by atoms with Gasteiger partial charge in [-0.1, -0.05) is 32.9 Å². The molecule has 0 saturated heterocycles. The minimum Gasteiger partial charge on any atom is -0.345 e. The highest BCUT2D eigenvalue weighted by Gasteiger charge is 2.16. The largest absolute Gasteiger partial charge is 0.345 e. The molecule has 20 heavy (non-hydrogen) atoms. The van der Waals surface area contributed by atoms with Crippen molar-refractivity contribution in [2.24, 2.45) is 0 Å². The Hall–Kier alpha value is -1.68. The third kappa shape index (κ3) is 3.07. The molecule has 0 fully saturated rings. The smallest absolute Gasteiger partial charge is 0.164 e. The minimum atomic E-state index is 0.0464. The number of carbonyl (C=O) groups is 1. The van der Waals surface area contributed by atoms with Crippen LogP contribution in [0.1, 0.15) is 49.3 Å². The van der Waals surface area contributed by atoms with Crippen LogP contribution in [0, 0.1) is 6.92 Å². The lowest BCUT2D eigenvalue weighted by molar-refractivity contribution is 0.101. The summed E-state index contributed by atoms with van der Waals surface area (Å²) in [6.07, 6.45) is 0. The summed E-state index contributed by atoms with van der Waals surface area (Å²) in [6, 6.07) is 8.31. The summed E-state index contributed by atoms with van der Waals surface area (Å²) in [5.41, 5.74) is 3.88. The average Bonchev–Trinajstić information content (AvgIpc) is 2.70. The van der Waals surface area contributed by atoms with E-state index in [1.54, 1.807) is 6.92 Å². The third-order valence-corrected chi connectivity index (χ3v) is 4.08. The van der Waals surface area contributed by atoms with Crippen LogP contribution in [0.5, 0.6) is 0 Å². The van der Waals surface area contributed by atoms with E-state index < -0.39 is 0 Å². The maximum absolute atomic E-state index is 11.7. The second-order valence-corrected chi connectivity index (χ2v) is 6.75. The molecule has 1 heterocycles. The van der Waals surface area contributed by atoms with Crippen LogP contribution < -0.4 is 5.32 Å². The summed E-state index contributed by atoms with van der Waals surface area (Å²) in [5, 5.41) is 4.11. The number of Topliss-reactive ketones (excluding diaryl/α,β-unsaturated/α-hetero) is 1. The standard InChI is InChI=1S/C16H20N2OS/c1-10-14(11(2)19)15(20-18-10)17-13-8-6-12(7-9-13)16(3,4)5/h6-9,17H,1-5H3. The zero-order valence-corrected chi connectivity index (χ0v) is 13.4. The zero-order chi connectivity index (χ0) is 14.9. The van der Waals surface area contributed by atoms with Gasteiger partial charge < -0.3 is 5.32 Å². The Morgan fingerprint density at radius 3 is 2.30 bits per heavy atom. The van der Waals surface area contributed by atoms with Gasteiger partial charge in [-0.15, -0.1) is 0 Å². The van der Waals surface area contributed by atoms with Gasteiger partial charge in [-0.25, -0.2) is 0 Å². The van der Waals surface area contributed by atoms with Crippen molar-refractivity contribution in [2.45, 2.75) is 40.0 Å². The highest BCUT2D eigenvalue weighted by Crippen LogP contribution is 2.29. The molecule has 106 valence electrons. The van der Waals surface area contributed by atoms with Gasteiger partial charge in [0.25, 0.3) is 0 Å². The molecule has 0 atom stereocenters. The normalized spacial score (nSPS) is 11.4. The molecule has 2 aromatic rings. The Kier molecular flexibility index (Phi) is 3.95. The van der Waals surface area contributed by atoms with E-state index in [2.05, 4.69) is 42.6 Å². The Balaban J connectivity index is 2.25. The van der Waals surface area contributed by atoms with Gasteiger partial charge in [0.2, 0.25) is 0 Å². The van der Waals surface area contributed by atoms with Crippen LogP contribution in [-0.2, 0) is 5.41 Å². The molecular formula is C16H20N2OS. The highest BCUT2D eigenvalue weighted by atomic mass is 32.1. The summed E-state index contributed by atoms with van der Waals surface area (Å²) < 4.78 is 4.25. The van der Waals surface area contributed by atoms with Crippen molar-refractivity contribution in [3.05, 3.63) is 41.1 Å². The van der Waals surface area contributed by atoms with Gasteiger partial charge in [0.05, 0.1) is 11.3 Å². The molecule has 0 amide bonds. The van der Waals surface area contributed by atoms with Crippen molar-refractivity contribution in [1.82, 2.24) is 4.37 Å². The predicted octanol–water partition coefficient (Wildman–Crippen LogP) is 4.70. The van der Waals surface area contributed by atoms with Crippen LogP contribution in [0.2, 0.25) is 0 Å². The van der Waals surface area contributed by atoms with Crippen LogP contribution in [0.15, 0.2) is 24.3 Å². The second-order valence-electron chi connectivity index (χ2n) is 5.98. The molecule has 0 aliphatic rings. The second kappa shape index (κ2) is 5.37. The number of hydrogen-bond donors (Lipinski definition) is 1. The predicted molar refractivity (Wildman–Crippen MR) is 85.3 cm³/mol. The molecule has 0 unspecified atom stereocenters. The molecule has 1 N–H and O–H groups in total. The Bertz CT molecular complexity index is 621. The Labute approximate surface area is 124 Å². The number of aromatic nitrogens is 1. The quantitative estimate of drug-likeness (QED) is 0.833. The van der Waals surface area contributed by atoms with E-state index in [0.29, 0.717) is 5.56 Å². The van der Waals surface area contributed by atoms with E-state index in [-0.39, 0.29) is 11.2 Å². The summed E-state index contributed by atoms with van der Waals surface area (Å²) in [5.74, 6) is 0.0464. The van der Waals surface area contributed by atoms with E-state index in [9.17, 15) is 4.79 Å². The first kappa shape index (κ1) is 14.7. The minimum absolute atomic E-state index is 0.0464. The summed E-state index contributed by atoms with van der Waals surface area (Å²) in [4.78, 5) is 11.7. The molecular weight excluding hydrogens is 268 g/mol. The maximum atomic E-state index is 11.7. The first-order valence-electron chi connectivity index (χ1n) is 6.64. The van der Waals surface area contributed by atoms with Crippen molar-refractivity contribution in [1.29, 1.82) is 0 Å². The lowest BCUT2D eigenvalue weighted by atomic mass is 9.87. The van der Waals surface area contributed by atoms with Crippen LogP contribution in [0.25, 0.3) is 0 Å². The molecule has 0 aliphatic heterocycles. The van der Waals surface area contributed by atoms with Crippen LogP contribution in [-0.4, -0.2) is 10.2 Å². The van der Waals surface area contributed by atoms with Crippen molar-refractivity contribution in [2.75, 3.05) is 5.32 Å². The fourth-order valence-electron chi connectivity index (χ4n) is 2.05. The number of nitrogens with one attached hydrogen (secondary N) is 1. The number of nitrogens with zero attached hydrogens (tertiary/aromatic N) is 1. The molecule has 0 bridgehead atoms. The summed E-state index contributed by atoms with van der Waals surface area (Å²) in [7, 11) is 0. The van der Waals surface area contributed by atoms with Gasteiger partial charge in [0.15, 0.2) is 5.78 Å². The van der Waals surface area contributed by atoms with E-state index in [1.165, 1.54) is 17.1 Å². The number of aryl methyl sites for hydroxylation is 1. The molecule has 4 heteroatoms. The number of ketones is 1. The van der Waals surface area contributed by atoms with E-state index >= 15 is 0 Å². The topological polar surface area (TPSA) is 42.0 Å². The van der Waals surface area contributed by atoms with Crippen LogP contribution >= 0.6 is 11.5 Å². The summed E-state index contributed by atoms with van der Waals surface area (Å²) in [6.45, 7) is 10.0. The molecule has 2 rings (SSSR count). The number of anilines is 2. The van der Waals surface area contributed by atoms with Gasteiger partial charge in [0, 0.05) is 5.69 Å². The van der Waals surface area contributed by atoms with Crippen molar-refractivity contribution in [3.8, 4) is 0 Å². The van der Waals surface area contributed by atoms with Gasteiger partial charge >= 0.3 is 0 Å². The van der Waals surface area contributed by atoms with E-state index in [4.69, 9.17) is 0 Å². The number of rotatable bonds is 3. The van der Waals surface area contributed by atoms with Gasteiger partial charge in [-0.05, 0) is 48.5 Å². The summed E-state index contributed by atoms with van der Waals surface area (Å²) >= 11 is 1.33. The molecule has 3 nitrogen and oxygen atoms in total. The molecule has 0 radical (unpaired) electrons. The fraction of sp³-hybridized carbons (Fsp3) is 0.375. The van der Waals surface area contributed by atoms with Gasteiger partial charge in [0.1, 0.15) is 5.00 Å². The van der Waals surface area contributed by atoms with Gasteiger partial charge in [-0.2, -0.15) is 4.37 Å². The van der Waals surface area contributed by atoms with E-state index in [0.717, 1.165) is 16.4 Å². The molecule has 1 aromatic heterocycles. The number of benzene rings is 1. The molecule has 0 aliphatic carbocycles. The SMILES string of the molecule is CC(=O)c1c(C)nsc1Nc1ccc(C(C)(C)C)cc1. The number of carbonyl (C=O) groups excluding carboxylic acids is 1. The number of hydrogen-bond acceptors (Lipinski definition) is 4. The van der Waals surface area contributed by atoms with Crippen LogP contribution in [0.3, 0.4) is 0 Å². The van der Waals surface area contributed by atoms with E-state index in [1.807, 2.05) is 19.1 Å². The lowest BCUT2D eigenvalue weighted by Gasteiger charge is -2.19. The fourth-order valence-corrected chi connectivity index (χ4v) is 2.92. The third-order valence-electron chi connectivity index (χ3n) is 3.22. The van der Waals surface area contributed by atoms with Crippen molar-refractivity contribution >= 4 is 28.0 Å². The van der Waals surface area contributed by atoms with Gasteiger partial charge in [-0.3, -0.25) is 4.79 Å². The average molecular weight is 288 g/mol. The first-order chi connectivity index (χ1) is 9.29. The van der Waals surface area contributed by atoms with Crippen molar-refractivity contribution < 1.29 is 4.79 Å². The Morgan fingerprint density at radius 1 is 1.20 bits per heavy atom. The first-order valence-corrected chi connectivity index (χ1v) is 7.41. The Morgan fingerprint density at radius 2 is 1.80 bits per heavy atom. The van der Waals surface area contributed by atoms with Crippen LogP contribution in [0.4, 0.5) is 10.7 Å². The monoisotopic (exact) mass is 288 g/mol. The lowest BCUT2D eigenvalue weighted by Crippen LogP contribution is -2.10. The molecule has 0 saturated carbocycles. The zero-order valence-electron chi connectivity index (χ0n) is 12.6. The van der Waals surface area contributed by atoms with Crippen molar-refractivity contribution in [3.63, 3.8) is 0 Å². The maximum Gasteiger partial charge on any atom is 0.164 e.